The molecule has 0 spiro atoms. The van der Waals surface area contributed by atoms with Gasteiger partial charge in [0.2, 0.25) is 5.91 Å². The lowest BCUT2D eigenvalue weighted by Gasteiger charge is -2.26. The molecule has 156 valence electrons. The number of fused-ring (bicyclic) bond motifs is 1. The molecule has 2 unspecified atom stereocenters. The van der Waals surface area contributed by atoms with Crippen molar-refractivity contribution >= 4 is 27.5 Å². The van der Waals surface area contributed by atoms with Crippen molar-refractivity contribution < 1.29 is 22.7 Å². The third-order valence-corrected chi connectivity index (χ3v) is 7.68. The summed E-state index contributed by atoms with van der Waals surface area (Å²) < 4.78 is 36.6. The van der Waals surface area contributed by atoms with E-state index in [1.54, 1.807) is 11.6 Å². The monoisotopic (exact) mass is 438 g/mol. The van der Waals surface area contributed by atoms with E-state index in [0.29, 0.717) is 42.1 Å². The van der Waals surface area contributed by atoms with E-state index in [1.165, 1.54) is 11.8 Å². The summed E-state index contributed by atoms with van der Waals surface area (Å²) in [5.41, 5.74) is 0. The Bertz CT molecular complexity index is 1010. The minimum atomic E-state index is -2.99. The SMILES string of the molecule is Cn1c(SCC(=O)NCC2COc3ccccc3O2)nnc1C1CCS(=O)(=O)C1. The van der Waals surface area contributed by atoms with Gasteiger partial charge in [0.05, 0.1) is 23.8 Å². The average Bonchev–Trinajstić information content (AvgIpc) is 3.26. The molecule has 29 heavy (non-hydrogen) atoms. The van der Waals surface area contributed by atoms with Gasteiger partial charge in [-0.1, -0.05) is 23.9 Å². The zero-order valence-corrected chi connectivity index (χ0v) is 17.5. The second-order valence-corrected chi connectivity index (χ2v) is 10.3. The molecule has 0 bridgehead atoms. The highest BCUT2D eigenvalue weighted by atomic mass is 32.2. The Labute approximate surface area is 173 Å². The minimum Gasteiger partial charge on any atom is -0.486 e. The summed E-state index contributed by atoms with van der Waals surface area (Å²) in [5, 5.41) is 11.7. The molecule has 2 aliphatic heterocycles. The Kier molecular flexibility index (Phi) is 5.68. The van der Waals surface area contributed by atoms with Crippen molar-refractivity contribution in [2.24, 2.45) is 7.05 Å². The lowest BCUT2D eigenvalue weighted by molar-refractivity contribution is -0.119. The quantitative estimate of drug-likeness (QED) is 0.658. The van der Waals surface area contributed by atoms with E-state index in [4.69, 9.17) is 9.47 Å². The van der Waals surface area contributed by atoms with Crippen LogP contribution >= 0.6 is 11.8 Å². The summed E-state index contributed by atoms with van der Waals surface area (Å²) in [5.74, 6) is 2.23. The first-order chi connectivity index (χ1) is 13.9. The number of hydrogen-bond donors (Lipinski definition) is 1. The van der Waals surface area contributed by atoms with Crippen LogP contribution in [0.15, 0.2) is 29.4 Å². The number of hydrogen-bond acceptors (Lipinski definition) is 8. The molecule has 2 atom stereocenters. The van der Waals surface area contributed by atoms with Crippen molar-refractivity contribution in [3.8, 4) is 11.5 Å². The highest BCUT2D eigenvalue weighted by Gasteiger charge is 2.32. The van der Waals surface area contributed by atoms with Crippen LogP contribution in [0.1, 0.15) is 18.2 Å². The van der Waals surface area contributed by atoms with Gasteiger partial charge in [-0.3, -0.25) is 4.79 Å². The fraction of sp³-hybridized carbons (Fsp3) is 0.500. The number of carbonyl (C=O) groups is 1. The zero-order chi connectivity index (χ0) is 20.4. The number of nitrogens with zero attached hydrogens (tertiary/aromatic N) is 3. The summed E-state index contributed by atoms with van der Waals surface area (Å²) in [6, 6.07) is 7.43. The summed E-state index contributed by atoms with van der Waals surface area (Å²) in [7, 11) is -1.19. The summed E-state index contributed by atoms with van der Waals surface area (Å²) in [6.45, 7) is 0.721. The molecule has 1 fully saturated rings. The van der Waals surface area contributed by atoms with E-state index in [0.717, 1.165) is 0 Å². The van der Waals surface area contributed by atoms with Gasteiger partial charge in [0.15, 0.2) is 26.5 Å². The number of carbonyl (C=O) groups excluding carboxylic acids is 1. The van der Waals surface area contributed by atoms with Gasteiger partial charge in [0.25, 0.3) is 0 Å². The van der Waals surface area contributed by atoms with E-state index < -0.39 is 9.84 Å². The first-order valence-electron chi connectivity index (χ1n) is 9.29. The zero-order valence-electron chi connectivity index (χ0n) is 15.9. The van der Waals surface area contributed by atoms with Crippen molar-refractivity contribution in [2.45, 2.75) is 23.6 Å². The van der Waals surface area contributed by atoms with Crippen LogP contribution in [-0.2, 0) is 21.7 Å². The highest BCUT2D eigenvalue weighted by Crippen LogP contribution is 2.31. The maximum Gasteiger partial charge on any atom is 0.230 e. The molecule has 11 heteroatoms. The number of rotatable bonds is 6. The number of sulfone groups is 1. The van der Waals surface area contributed by atoms with Crippen molar-refractivity contribution in [1.29, 1.82) is 0 Å². The number of benzene rings is 1. The maximum atomic E-state index is 12.2. The van der Waals surface area contributed by atoms with Gasteiger partial charge in [0.1, 0.15) is 18.5 Å². The van der Waals surface area contributed by atoms with Crippen LogP contribution in [0.2, 0.25) is 0 Å². The molecular weight excluding hydrogens is 416 g/mol. The second kappa shape index (κ2) is 8.23. The summed E-state index contributed by atoms with van der Waals surface area (Å²) in [4.78, 5) is 12.2. The molecule has 9 nitrogen and oxygen atoms in total. The molecule has 1 aromatic carbocycles. The molecule has 0 aliphatic carbocycles. The van der Waals surface area contributed by atoms with Crippen LogP contribution < -0.4 is 14.8 Å². The van der Waals surface area contributed by atoms with Gasteiger partial charge in [-0.25, -0.2) is 8.42 Å². The van der Waals surface area contributed by atoms with Crippen molar-refractivity contribution in [3.63, 3.8) is 0 Å². The fourth-order valence-corrected chi connectivity index (χ4v) is 5.87. The molecule has 4 rings (SSSR count). The Hall–Kier alpha value is -2.27. The van der Waals surface area contributed by atoms with E-state index in [-0.39, 0.29) is 35.2 Å². The fourth-order valence-electron chi connectivity index (χ4n) is 3.38. The van der Waals surface area contributed by atoms with Crippen molar-refractivity contribution in [1.82, 2.24) is 20.1 Å². The first kappa shape index (κ1) is 20.0. The number of aromatic nitrogens is 3. The van der Waals surface area contributed by atoms with Crippen LogP contribution in [0.5, 0.6) is 11.5 Å². The van der Waals surface area contributed by atoms with E-state index in [1.807, 2.05) is 24.3 Å². The van der Waals surface area contributed by atoms with Gasteiger partial charge in [-0.2, -0.15) is 0 Å². The Balaban J connectivity index is 1.25. The molecule has 2 aromatic rings. The molecule has 0 saturated carbocycles. The average molecular weight is 439 g/mol. The van der Waals surface area contributed by atoms with Crippen LogP contribution in [0.3, 0.4) is 0 Å². The standard InChI is InChI=1S/C18H22N4O5S2/c1-22-17(12-6-7-29(24,25)11-12)20-21-18(22)28-10-16(23)19-8-13-9-26-14-4-2-3-5-15(14)27-13/h2-5,12-13H,6-11H2,1H3,(H,19,23). The molecular formula is C18H22N4O5S2. The van der Waals surface area contributed by atoms with Gasteiger partial charge in [-0.05, 0) is 18.6 Å². The van der Waals surface area contributed by atoms with Gasteiger partial charge >= 0.3 is 0 Å². The number of nitrogens with one attached hydrogen (secondary N) is 1. The summed E-state index contributed by atoms with van der Waals surface area (Å²) in [6.07, 6.45) is 0.316. The molecule has 1 amide bonds. The molecule has 2 aliphatic rings. The molecule has 3 heterocycles. The predicted molar refractivity (Wildman–Crippen MR) is 107 cm³/mol. The van der Waals surface area contributed by atoms with Gasteiger partial charge in [-0.15, -0.1) is 10.2 Å². The second-order valence-electron chi connectivity index (χ2n) is 7.09. The van der Waals surface area contributed by atoms with Crippen LogP contribution in [0.25, 0.3) is 0 Å². The predicted octanol–water partition coefficient (Wildman–Crippen LogP) is 0.765. The lowest BCUT2D eigenvalue weighted by Crippen LogP contribution is -2.41. The maximum absolute atomic E-state index is 12.2. The Morgan fingerprint density at radius 3 is 2.86 bits per heavy atom. The van der Waals surface area contributed by atoms with Crippen molar-refractivity contribution in [2.75, 3.05) is 30.4 Å². The number of ether oxygens (including phenoxy) is 2. The Morgan fingerprint density at radius 2 is 2.10 bits per heavy atom. The lowest BCUT2D eigenvalue weighted by atomic mass is 10.1. The smallest absolute Gasteiger partial charge is 0.230 e. The largest absolute Gasteiger partial charge is 0.486 e. The third-order valence-electron chi connectivity index (χ3n) is 4.89. The van der Waals surface area contributed by atoms with Crippen LogP contribution in [-0.4, -0.2) is 65.6 Å². The molecule has 1 N–H and O–H groups in total. The van der Waals surface area contributed by atoms with Crippen molar-refractivity contribution in [3.05, 3.63) is 30.1 Å². The number of para-hydroxylation sites is 2. The minimum absolute atomic E-state index is 0.108. The first-order valence-corrected chi connectivity index (χ1v) is 12.1. The topological polar surface area (TPSA) is 112 Å². The highest BCUT2D eigenvalue weighted by molar-refractivity contribution is 7.99. The van der Waals surface area contributed by atoms with E-state index >= 15 is 0 Å². The van der Waals surface area contributed by atoms with Crippen LogP contribution in [0.4, 0.5) is 0 Å². The van der Waals surface area contributed by atoms with Gasteiger partial charge in [0, 0.05) is 13.0 Å². The van der Waals surface area contributed by atoms with Gasteiger partial charge < -0.3 is 19.4 Å². The van der Waals surface area contributed by atoms with E-state index in [9.17, 15) is 13.2 Å². The molecule has 1 saturated heterocycles. The summed E-state index contributed by atoms with van der Waals surface area (Å²) >= 11 is 1.27. The third kappa shape index (κ3) is 4.67. The Morgan fingerprint density at radius 1 is 1.31 bits per heavy atom. The number of thioether (sulfide) groups is 1. The molecule has 0 radical (unpaired) electrons. The molecule has 1 aromatic heterocycles. The normalized spacial score (nSPS) is 22.4. The van der Waals surface area contributed by atoms with E-state index in [2.05, 4.69) is 15.5 Å². The number of amides is 1. The van der Waals surface area contributed by atoms with Crippen LogP contribution in [0, 0.1) is 0 Å².